The molecular formula is C10H10F4O. The molecule has 0 heterocycles. The monoisotopic (exact) mass is 222 g/mol. The molecule has 0 aliphatic heterocycles. The molecule has 1 rings (SSSR count). The predicted molar refractivity (Wildman–Crippen MR) is 47.1 cm³/mol. The zero-order valence-electron chi connectivity index (χ0n) is 8.23. The lowest BCUT2D eigenvalue weighted by atomic mass is 10.0. The highest BCUT2D eigenvalue weighted by Crippen LogP contribution is 2.29. The molecule has 15 heavy (non-hydrogen) atoms. The molecule has 0 aliphatic rings. The molecule has 0 saturated heterocycles. The molecule has 0 aliphatic carbocycles. The van der Waals surface area contributed by atoms with E-state index in [-0.39, 0.29) is 5.56 Å². The van der Waals surface area contributed by atoms with Gasteiger partial charge in [0.2, 0.25) is 0 Å². The molecule has 0 spiro atoms. The van der Waals surface area contributed by atoms with E-state index in [0.717, 1.165) is 12.1 Å². The first kappa shape index (κ1) is 11.8. The van der Waals surface area contributed by atoms with Crippen LogP contribution in [0.3, 0.4) is 0 Å². The summed E-state index contributed by atoms with van der Waals surface area (Å²) < 4.78 is 54.2. The lowest BCUT2D eigenvalue weighted by molar-refractivity contribution is -0.0523. The van der Waals surface area contributed by atoms with Crippen molar-refractivity contribution in [1.82, 2.24) is 0 Å². The molecule has 1 aromatic rings. The summed E-state index contributed by atoms with van der Waals surface area (Å²) in [7, 11) is 0. The zero-order chi connectivity index (χ0) is 11.6. The Morgan fingerprint density at radius 1 is 1.13 bits per heavy atom. The van der Waals surface area contributed by atoms with Crippen LogP contribution in [-0.2, 0) is 0 Å². The first-order valence-electron chi connectivity index (χ1n) is 4.36. The predicted octanol–water partition coefficient (Wildman–Crippen LogP) is 3.69. The van der Waals surface area contributed by atoms with Gasteiger partial charge in [0.05, 0.1) is 0 Å². The van der Waals surface area contributed by atoms with E-state index in [1.54, 1.807) is 13.8 Å². The number of benzene rings is 1. The van der Waals surface area contributed by atoms with Crippen molar-refractivity contribution >= 4 is 0 Å². The largest absolute Gasteiger partial charge is 0.432 e. The normalized spacial score (nSPS) is 11.2. The Hall–Kier alpha value is -1.26. The minimum atomic E-state index is -3.12. The second-order valence-electron chi connectivity index (χ2n) is 3.31. The van der Waals surface area contributed by atoms with Crippen LogP contribution >= 0.6 is 0 Å². The van der Waals surface area contributed by atoms with E-state index < -0.39 is 29.9 Å². The SMILES string of the molecule is CC(C)c1c(F)ccc(OC(F)F)c1F. The van der Waals surface area contributed by atoms with Gasteiger partial charge < -0.3 is 4.74 Å². The Balaban J connectivity index is 3.16. The van der Waals surface area contributed by atoms with Gasteiger partial charge in [0.1, 0.15) is 5.82 Å². The molecule has 0 unspecified atom stereocenters. The lowest BCUT2D eigenvalue weighted by Gasteiger charge is -2.12. The van der Waals surface area contributed by atoms with E-state index >= 15 is 0 Å². The van der Waals surface area contributed by atoms with E-state index in [9.17, 15) is 17.6 Å². The molecule has 84 valence electrons. The van der Waals surface area contributed by atoms with Gasteiger partial charge in [0, 0.05) is 5.56 Å². The molecule has 0 fully saturated rings. The van der Waals surface area contributed by atoms with Crippen LogP contribution in [0, 0.1) is 11.6 Å². The van der Waals surface area contributed by atoms with Crippen LogP contribution in [0.25, 0.3) is 0 Å². The Morgan fingerprint density at radius 3 is 2.20 bits per heavy atom. The van der Waals surface area contributed by atoms with Crippen molar-refractivity contribution in [2.24, 2.45) is 0 Å². The first-order chi connectivity index (χ1) is 6.93. The maximum Gasteiger partial charge on any atom is 0.387 e. The van der Waals surface area contributed by atoms with Gasteiger partial charge in [-0.25, -0.2) is 8.78 Å². The van der Waals surface area contributed by atoms with Crippen molar-refractivity contribution < 1.29 is 22.3 Å². The maximum absolute atomic E-state index is 13.4. The zero-order valence-corrected chi connectivity index (χ0v) is 8.23. The summed E-state index contributed by atoms with van der Waals surface area (Å²) in [4.78, 5) is 0. The quantitative estimate of drug-likeness (QED) is 0.708. The highest BCUT2D eigenvalue weighted by atomic mass is 19.3. The molecule has 0 aromatic heterocycles. The van der Waals surface area contributed by atoms with Crippen LogP contribution in [0.1, 0.15) is 25.3 Å². The molecular weight excluding hydrogens is 212 g/mol. The topological polar surface area (TPSA) is 9.23 Å². The van der Waals surface area contributed by atoms with Crippen molar-refractivity contribution in [2.75, 3.05) is 0 Å². The van der Waals surface area contributed by atoms with Crippen LogP contribution in [-0.4, -0.2) is 6.61 Å². The molecule has 0 radical (unpaired) electrons. The molecule has 0 saturated carbocycles. The van der Waals surface area contributed by atoms with E-state index in [1.165, 1.54) is 0 Å². The molecule has 5 heteroatoms. The van der Waals surface area contributed by atoms with E-state index in [0.29, 0.717) is 0 Å². The third-order valence-electron chi connectivity index (χ3n) is 1.88. The van der Waals surface area contributed by atoms with Crippen molar-refractivity contribution in [3.63, 3.8) is 0 Å². The van der Waals surface area contributed by atoms with Gasteiger partial charge in [-0.3, -0.25) is 0 Å². The van der Waals surface area contributed by atoms with Crippen LogP contribution in [0.4, 0.5) is 17.6 Å². The van der Waals surface area contributed by atoms with Gasteiger partial charge in [-0.05, 0) is 18.1 Å². The van der Waals surface area contributed by atoms with Crippen LogP contribution < -0.4 is 4.74 Å². The third kappa shape index (κ3) is 2.61. The molecule has 0 bridgehead atoms. The fourth-order valence-electron chi connectivity index (χ4n) is 1.27. The molecule has 0 atom stereocenters. The van der Waals surface area contributed by atoms with Gasteiger partial charge >= 0.3 is 6.61 Å². The fourth-order valence-corrected chi connectivity index (χ4v) is 1.27. The van der Waals surface area contributed by atoms with Gasteiger partial charge in [-0.15, -0.1) is 0 Å². The molecule has 0 amide bonds. The summed E-state index contributed by atoms with van der Waals surface area (Å²) in [5.41, 5.74) is -0.242. The highest BCUT2D eigenvalue weighted by Gasteiger charge is 2.19. The van der Waals surface area contributed by atoms with Crippen molar-refractivity contribution in [3.05, 3.63) is 29.3 Å². The van der Waals surface area contributed by atoms with Crippen molar-refractivity contribution in [1.29, 1.82) is 0 Å². The number of hydrogen-bond acceptors (Lipinski definition) is 1. The maximum atomic E-state index is 13.4. The second kappa shape index (κ2) is 4.51. The van der Waals surface area contributed by atoms with Gasteiger partial charge in [0.25, 0.3) is 0 Å². The van der Waals surface area contributed by atoms with Crippen LogP contribution in [0.5, 0.6) is 5.75 Å². The van der Waals surface area contributed by atoms with Gasteiger partial charge in [-0.2, -0.15) is 8.78 Å². The number of alkyl halides is 2. The molecule has 0 N–H and O–H groups in total. The van der Waals surface area contributed by atoms with Crippen LogP contribution in [0.2, 0.25) is 0 Å². The minimum absolute atomic E-state index is 0.242. The summed E-state index contributed by atoms with van der Waals surface area (Å²) in [6.07, 6.45) is 0. The Bertz CT molecular complexity index is 350. The Morgan fingerprint density at radius 2 is 1.73 bits per heavy atom. The molecule has 1 aromatic carbocycles. The van der Waals surface area contributed by atoms with E-state index in [2.05, 4.69) is 4.74 Å². The average molecular weight is 222 g/mol. The summed E-state index contributed by atoms with van der Waals surface area (Å²) in [6, 6.07) is 1.76. The Kier molecular flexibility index (Phi) is 3.55. The lowest BCUT2D eigenvalue weighted by Crippen LogP contribution is -2.07. The van der Waals surface area contributed by atoms with E-state index in [4.69, 9.17) is 0 Å². The second-order valence-corrected chi connectivity index (χ2v) is 3.31. The highest BCUT2D eigenvalue weighted by molar-refractivity contribution is 5.34. The first-order valence-corrected chi connectivity index (χ1v) is 4.36. The number of halogens is 4. The van der Waals surface area contributed by atoms with Crippen LogP contribution in [0.15, 0.2) is 12.1 Å². The van der Waals surface area contributed by atoms with E-state index in [1.807, 2.05) is 0 Å². The molecule has 1 nitrogen and oxygen atoms in total. The Labute approximate surface area is 84.7 Å². The number of ether oxygens (including phenoxy) is 1. The summed E-state index contributed by atoms with van der Waals surface area (Å²) in [6.45, 7) is 0.00589. The summed E-state index contributed by atoms with van der Waals surface area (Å²) >= 11 is 0. The van der Waals surface area contributed by atoms with Gasteiger partial charge in [0.15, 0.2) is 11.6 Å². The smallest absolute Gasteiger partial charge is 0.387 e. The standard InChI is InChI=1S/C10H10F4O/c1-5(2)8-6(11)3-4-7(9(8)12)15-10(13)14/h3-5,10H,1-2H3. The fraction of sp³-hybridized carbons (Fsp3) is 0.400. The summed E-state index contributed by atoms with van der Waals surface area (Å²) in [5.74, 6) is -2.89. The summed E-state index contributed by atoms with van der Waals surface area (Å²) in [5, 5.41) is 0. The average Bonchev–Trinajstić information content (AvgIpc) is 2.09. The number of hydrogen-bond donors (Lipinski definition) is 0. The van der Waals surface area contributed by atoms with Crippen molar-refractivity contribution in [3.8, 4) is 5.75 Å². The minimum Gasteiger partial charge on any atom is -0.432 e. The third-order valence-corrected chi connectivity index (χ3v) is 1.88. The van der Waals surface area contributed by atoms with Gasteiger partial charge in [-0.1, -0.05) is 13.8 Å². The number of rotatable bonds is 3. The van der Waals surface area contributed by atoms with Crippen molar-refractivity contribution in [2.45, 2.75) is 26.4 Å².